The summed E-state index contributed by atoms with van der Waals surface area (Å²) in [4.78, 5) is 21.5. The topological polar surface area (TPSA) is 75.5 Å². The van der Waals surface area contributed by atoms with Crippen LogP contribution in [0.4, 0.5) is 5.95 Å². The molecule has 0 amide bonds. The van der Waals surface area contributed by atoms with Crippen LogP contribution < -0.4 is 10.5 Å². The van der Waals surface area contributed by atoms with Crippen molar-refractivity contribution < 1.29 is 4.74 Å². The van der Waals surface area contributed by atoms with Crippen molar-refractivity contribution in [2.45, 2.75) is 12.2 Å². The molecule has 1 N–H and O–H groups in total. The lowest BCUT2D eigenvalue weighted by Gasteiger charge is -2.25. The number of hydrogen-bond acceptors (Lipinski definition) is 6. The number of H-pyrrole nitrogens is 1. The van der Waals surface area contributed by atoms with Crippen molar-refractivity contribution in [3.05, 3.63) is 21.6 Å². The second-order valence-electron chi connectivity index (χ2n) is 4.93. The predicted octanol–water partition coefficient (Wildman–Crippen LogP) is 0.0435. The van der Waals surface area contributed by atoms with Gasteiger partial charge in [-0.1, -0.05) is 0 Å². The molecule has 0 radical (unpaired) electrons. The van der Waals surface area contributed by atoms with Crippen molar-refractivity contribution in [1.82, 2.24) is 19.6 Å². The highest BCUT2D eigenvalue weighted by molar-refractivity contribution is 7.98. The summed E-state index contributed by atoms with van der Waals surface area (Å²) in [6, 6.07) is 0. The number of aryl methyl sites for hydroxylation is 1. The zero-order valence-electron chi connectivity index (χ0n) is 11.0. The lowest BCUT2D eigenvalue weighted by atomic mass is 10.2. The Kier molecular flexibility index (Phi) is 2.92. The summed E-state index contributed by atoms with van der Waals surface area (Å²) in [5.74, 6) is 3.00. The fraction of sp³-hybridized carbons (Fsp3) is 0.583. The number of ether oxygens (including phenoxy) is 1. The maximum Gasteiger partial charge on any atom is 0.256 e. The van der Waals surface area contributed by atoms with Crippen LogP contribution >= 0.6 is 11.8 Å². The molecule has 4 heterocycles. The van der Waals surface area contributed by atoms with E-state index in [1.54, 1.807) is 16.3 Å². The van der Waals surface area contributed by atoms with Crippen LogP contribution in [-0.4, -0.2) is 51.6 Å². The number of anilines is 1. The van der Waals surface area contributed by atoms with E-state index >= 15 is 0 Å². The molecular formula is C12H15N5O2S. The number of hydrogen-bond donors (Lipinski definition) is 1. The Bertz CT molecular complexity index is 704. The van der Waals surface area contributed by atoms with Crippen LogP contribution in [0.1, 0.15) is 11.3 Å². The van der Waals surface area contributed by atoms with E-state index in [1.807, 2.05) is 0 Å². The van der Waals surface area contributed by atoms with Crippen LogP contribution in [-0.2, 0) is 16.9 Å². The summed E-state index contributed by atoms with van der Waals surface area (Å²) >= 11 is 1.79. The van der Waals surface area contributed by atoms with E-state index in [-0.39, 0.29) is 5.56 Å². The maximum absolute atomic E-state index is 12.1. The van der Waals surface area contributed by atoms with Gasteiger partial charge in [-0.15, -0.1) is 5.10 Å². The molecule has 106 valence electrons. The average Bonchev–Trinajstić information content (AvgIpc) is 2.93. The summed E-state index contributed by atoms with van der Waals surface area (Å²) in [6.07, 6.45) is 0.867. The lowest BCUT2D eigenvalue weighted by molar-refractivity contribution is 0.122. The Morgan fingerprint density at radius 2 is 2.15 bits per heavy atom. The van der Waals surface area contributed by atoms with Gasteiger partial charge in [-0.3, -0.25) is 9.78 Å². The fourth-order valence-electron chi connectivity index (χ4n) is 2.65. The van der Waals surface area contributed by atoms with Crippen molar-refractivity contribution in [3.8, 4) is 0 Å². The van der Waals surface area contributed by atoms with Gasteiger partial charge in [0.15, 0.2) is 0 Å². The van der Waals surface area contributed by atoms with Gasteiger partial charge in [-0.05, 0) is 12.2 Å². The first-order chi connectivity index (χ1) is 9.83. The number of rotatable bonds is 1. The van der Waals surface area contributed by atoms with Gasteiger partial charge in [0.2, 0.25) is 11.7 Å². The molecule has 1 fully saturated rings. The molecule has 7 nitrogen and oxygen atoms in total. The van der Waals surface area contributed by atoms with E-state index in [9.17, 15) is 4.79 Å². The van der Waals surface area contributed by atoms with E-state index < -0.39 is 0 Å². The van der Waals surface area contributed by atoms with Crippen molar-refractivity contribution in [2.24, 2.45) is 0 Å². The van der Waals surface area contributed by atoms with Gasteiger partial charge < -0.3 is 9.64 Å². The molecule has 0 spiro atoms. The molecule has 1 saturated heterocycles. The number of morpholine rings is 1. The Morgan fingerprint density at radius 1 is 1.30 bits per heavy atom. The quantitative estimate of drug-likeness (QED) is 0.800. The van der Waals surface area contributed by atoms with Gasteiger partial charge in [0, 0.05) is 24.4 Å². The van der Waals surface area contributed by atoms with E-state index in [1.165, 1.54) is 0 Å². The van der Waals surface area contributed by atoms with Crippen molar-refractivity contribution in [3.63, 3.8) is 0 Å². The summed E-state index contributed by atoms with van der Waals surface area (Å²) in [6.45, 7) is 2.97. The largest absolute Gasteiger partial charge is 0.378 e. The molecule has 0 unspecified atom stereocenters. The molecule has 0 bridgehead atoms. The fourth-order valence-corrected chi connectivity index (χ4v) is 3.64. The highest BCUT2D eigenvalue weighted by atomic mass is 32.2. The second kappa shape index (κ2) is 4.78. The van der Waals surface area contributed by atoms with Crippen molar-refractivity contribution in [1.29, 1.82) is 0 Å². The van der Waals surface area contributed by atoms with E-state index in [0.717, 1.165) is 42.3 Å². The molecule has 2 aromatic heterocycles. The molecular weight excluding hydrogens is 278 g/mol. The maximum atomic E-state index is 12.1. The van der Waals surface area contributed by atoms with Crippen LogP contribution in [0.5, 0.6) is 0 Å². The molecule has 2 aromatic rings. The third-order valence-electron chi connectivity index (χ3n) is 3.72. The minimum absolute atomic E-state index is 0.0272. The molecule has 20 heavy (non-hydrogen) atoms. The van der Waals surface area contributed by atoms with Crippen LogP contribution in [0.25, 0.3) is 5.78 Å². The smallest absolute Gasteiger partial charge is 0.256 e. The molecule has 2 aliphatic heterocycles. The van der Waals surface area contributed by atoms with Gasteiger partial charge in [0.1, 0.15) is 0 Å². The van der Waals surface area contributed by atoms with Gasteiger partial charge in [-0.25, -0.2) is 4.52 Å². The zero-order chi connectivity index (χ0) is 13.5. The molecule has 2 aliphatic rings. The number of aromatic amines is 1. The standard InChI is InChI=1S/C12H15N5O2S/c18-10-8-7-20-6-1-9(8)17-11(13-10)14-12(15-17)16-2-4-19-5-3-16/h1-7H2,(H,13,14,15,18). The Labute approximate surface area is 119 Å². The molecule has 0 aliphatic carbocycles. The van der Waals surface area contributed by atoms with Crippen LogP contribution in [0.3, 0.4) is 0 Å². The van der Waals surface area contributed by atoms with Crippen LogP contribution in [0.15, 0.2) is 4.79 Å². The van der Waals surface area contributed by atoms with E-state index in [2.05, 4.69) is 20.0 Å². The molecule has 4 rings (SSSR count). The minimum Gasteiger partial charge on any atom is -0.378 e. The van der Waals surface area contributed by atoms with Gasteiger partial charge in [-0.2, -0.15) is 16.7 Å². The number of fused-ring (bicyclic) bond motifs is 3. The Balaban J connectivity index is 1.84. The average molecular weight is 293 g/mol. The first kappa shape index (κ1) is 12.2. The van der Waals surface area contributed by atoms with Gasteiger partial charge >= 0.3 is 0 Å². The highest BCUT2D eigenvalue weighted by Gasteiger charge is 2.21. The van der Waals surface area contributed by atoms with Crippen molar-refractivity contribution in [2.75, 3.05) is 37.0 Å². The Hall–Kier alpha value is -1.54. The molecule has 0 atom stereocenters. The zero-order valence-corrected chi connectivity index (χ0v) is 11.8. The van der Waals surface area contributed by atoms with E-state index in [0.29, 0.717) is 24.9 Å². The van der Waals surface area contributed by atoms with Crippen LogP contribution in [0.2, 0.25) is 0 Å². The van der Waals surface area contributed by atoms with Crippen molar-refractivity contribution >= 4 is 23.5 Å². The van der Waals surface area contributed by atoms with Gasteiger partial charge in [0.05, 0.1) is 18.9 Å². The van der Waals surface area contributed by atoms with E-state index in [4.69, 9.17) is 4.74 Å². The number of thioether (sulfide) groups is 1. The number of aromatic nitrogens is 4. The third-order valence-corrected chi connectivity index (χ3v) is 4.71. The Morgan fingerprint density at radius 3 is 3.00 bits per heavy atom. The predicted molar refractivity (Wildman–Crippen MR) is 76.5 cm³/mol. The van der Waals surface area contributed by atoms with Gasteiger partial charge in [0.25, 0.3) is 5.56 Å². The number of nitrogens with one attached hydrogen (secondary N) is 1. The van der Waals surface area contributed by atoms with Crippen LogP contribution in [0, 0.1) is 0 Å². The lowest BCUT2D eigenvalue weighted by Crippen LogP contribution is -2.36. The molecule has 0 saturated carbocycles. The number of nitrogens with zero attached hydrogens (tertiary/aromatic N) is 4. The summed E-state index contributed by atoms with van der Waals surface area (Å²) < 4.78 is 7.15. The molecule has 0 aromatic carbocycles. The second-order valence-corrected chi connectivity index (χ2v) is 6.03. The highest BCUT2D eigenvalue weighted by Crippen LogP contribution is 2.22. The monoisotopic (exact) mass is 293 g/mol. The third kappa shape index (κ3) is 1.90. The SMILES string of the molecule is O=c1[nH]c2nc(N3CCOCC3)nn2c2c1CSCC2. The molecule has 8 heteroatoms. The first-order valence-corrected chi connectivity index (χ1v) is 7.89. The first-order valence-electron chi connectivity index (χ1n) is 6.74. The summed E-state index contributed by atoms with van der Waals surface area (Å²) in [5.41, 5.74) is 1.82. The normalized spacial score (nSPS) is 19.3. The summed E-state index contributed by atoms with van der Waals surface area (Å²) in [5, 5.41) is 4.59. The minimum atomic E-state index is -0.0272. The summed E-state index contributed by atoms with van der Waals surface area (Å²) in [7, 11) is 0.